The fourth-order valence-electron chi connectivity index (χ4n) is 6.74. The van der Waals surface area contributed by atoms with E-state index in [0.29, 0.717) is 4.57 Å². The van der Waals surface area contributed by atoms with Crippen LogP contribution in [0.2, 0.25) is 0 Å². The number of aliphatic hydroxyl groups is 4. The van der Waals surface area contributed by atoms with Crippen LogP contribution in [-0.2, 0) is 55.1 Å². The number of imidazole rings is 1. The van der Waals surface area contributed by atoms with Gasteiger partial charge < -0.3 is 55.9 Å². The molecule has 32 nitrogen and oxygen atoms in total. The molecule has 12 N–H and O–H groups in total. The van der Waals surface area contributed by atoms with Gasteiger partial charge in [-0.3, -0.25) is 55.9 Å². The zero-order chi connectivity index (χ0) is 45.7. The number of phosphoric ester groups is 2. The van der Waals surface area contributed by atoms with E-state index in [1.807, 2.05) is 4.98 Å². The summed E-state index contributed by atoms with van der Waals surface area (Å²) in [4.78, 5) is 86.0. The number of aromatic nitrogens is 8. The third-order valence-electron chi connectivity index (χ3n) is 9.59. The molecule has 4 aromatic heterocycles. The second-order valence-corrected chi connectivity index (χ2v) is 17.2. The lowest BCUT2D eigenvalue weighted by atomic mass is 10.1. The van der Waals surface area contributed by atoms with Crippen molar-refractivity contribution in [2.75, 3.05) is 31.3 Å². The van der Waals surface area contributed by atoms with Gasteiger partial charge in [-0.2, -0.15) is 9.97 Å². The number of nitrogens with two attached hydrogens (primary N) is 2. The van der Waals surface area contributed by atoms with Gasteiger partial charge in [0.2, 0.25) is 5.95 Å². The maximum atomic E-state index is 13.5. The Morgan fingerprint density at radius 2 is 1.29 bits per heavy atom. The minimum Gasteiger partial charge on any atom is -0.387 e. The molecule has 14 atom stereocenters. The monoisotopic (exact) mass is 956 g/mol. The molecular formula is C28H35N10O22P3. The first kappa shape index (κ1) is 46.3. The number of fused-ring (bicyclic) bond motifs is 1. The van der Waals surface area contributed by atoms with Crippen LogP contribution < -0.4 is 34.0 Å². The van der Waals surface area contributed by atoms with Gasteiger partial charge in [0.05, 0.1) is 26.1 Å². The fraction of sp³-hybridized carbons (Fsp3) is 0.536. The smallest absolute Gasteiger partial charge is 0.387 e. The van der Waals surface area contributed by atoms with Crippen molar-refractivity contribution in [3.05, 3.63) is 72.5 Å². The zero-order valence-corrected chi connectivity index (χ0v) is 34.0. The number of nitrogens with zero attached hydrogens (tertiary/aromatic N) is 6. The molecule has 3 fully saturated rings. The Bertz CT molecular complexity index is 2750. The Kier molecular flexibility index (Phi) is 13.3. The molecule has 0 spiro atoms. The average molecular weight is 957 g/mol. The third kappa shape index (κ3) is 9.87. The molecular weight excluding hydrogens is 921 g/mol. The van der Waals surface area contributed by atoms with Crippen molar-refractivity contribution in [1.82, 2.24) is 38.6 Å². The van der Waals surface area contributed by atoms with Gasteiger partial charge in [-0.1, -0.05) is 0 Å². The van der Waals surface area contributed by atoms with Gasteiger partial charge >= 0.3 is 34.9 Å². The van der Waals surface area contributed by atoms with E-state index in [0.717, 1.165) is 33.9 Å². The first-order valence-corrected chi connectivity index (χ1v) is 21.9. The van der Waals surface area contributed by atoms with E-state index >= 15 is 0 Å². The van der Waals surface area contributed by atoms with E-state index in [4.69, 9.17) is 43.8 Å². The molecule has 0 bridgehead atoms. The summed E-state index contributed by atoms with van der Waals surface area (Å²) in [5.41, 5.74) is 6.82. The standard InChI is InChI=1S/C28H35N10O22P3/c29-12-1-3-36(27(45)32-12)23-16(41)15(40)9(56-23)6-54-62(49,50)60-20-11(58-24(17(20)42)37-4-2-13(39)33-28(37)46)7-55-63(51,52)59-19-10(5-53-61(47)48)57-25(18(19)43)38-8-31-14-21(38)34-26(30)35-22(14)44/h1-4,8-11,15-20,23-25,40-43H,5-7H2,(H,49,50)(H,51,52)(H2,29,32,45)(H,33,39,46)(H3,30,34,35,44)/t9-,10-,11-,15-,16-,17-,18-,19-,20-,23-,24-,25-/m1/s1. The van der Waals surface area contributed by atoms with Gasteiger partial charge in [-0.15, -0.1) is 0 Å². The summed E-state index contributed by atoms with van der Waals surface area (Å²) >= 11 is 0. The highest BCUT2D eigenvalue weighted by atomic mass is 31.2. The highest BCUT2D eigenvalue weighted by Gasteiger charge is 2.53. The van der Waals surface area contributed by atoms with E-state index in [1.54, 1.807) is 0 Å². The zero-order valence-electron chi connectivity index (χ0n) is 31.3. The number of rotatable bonds is 16. The van der Waals surface area contributed by atoms with Crippen LogP contribution in [0.25, 0.3) is 11.2 Å². The number of hydrogen-bond donors (Lipinski definition) is 10. The molecule has 0 radical (unpaired) electrons. The molecule has 35 heteroatoms. The van der Waals surface area contributed by atoms with Gasteiger partial charge in [0.15, 0.2) is 29.8 Å². The van der Waals surface area contributed by atoms with Crippen LogP contribution in [0.15, 0.2) is 50.0 Å². The number of phosphoric acid groups is 2. The maximum absolute atomic E-state index is 13.5. The SMILES string of the molecule is Nc1ccn([C@@H]2O[C@H](COP(=O)(O)O[C@H]3[C@@H](O)[C@H](n4ccc(=O)[nH]c4=O)O[C@@H]3COP(=O)(O)O[C@H]3[C@@H](O)[C@H](n4cnc5c(=O)[nH]c(N)nc54)O[C@@H]3COP(=O)=O)[C@@H](O)[C@H]2O)c(=O)n1. The minimum atomic E-state index is -5.53. The van der Waals surface area contributed by atoms with E-state index in [-0.39, 0.29) is 22.9 Å². The van der Waals surface area contributed by atoms with E-state index < -0.39 is 139 Å². The molecule has 7 heterocycles. The molecule has 63 heavy (non-hydrogen) atoms. The summed E-state index contributed by atoms with van der Waals surface area (Å²) in [6.45, 7) is -3.12. The highest BCUT2D eigenvalue weighted by Crippen LogP contribution is 2.52. The molecule has 0 amide bonds. The first-order chi connectivity index (χ1) is 29.6. The normalized spacial score (nSPS) is 31.6. The Morgan fingerprint density at radius 1 is 0.730 bits per heavy atom. The van der Waals surface area contributed by atoms with Gasteiger partial charge in [0.1, 0.15) is 60.8 Å². The van der Waals surface area contributed by atoms with Crippen LogP contribution in [0.1, 0.15) is 18.7 Å². The number of aromatic amines is 2. The predicted molar refractivity (Wildman–Crippen MR) is 198 cm³/mol. The van der Waals surface area contributed by atoms with Crippen molar-refractivity contribution in [3.63, 3.8) is 0 Å². The Balaban J connectivity index is 1.08. The summed E-state index contributed by atoms with van der Waals surface area (Å²) < 4.78 is 93.4. The lowest BCUT2D eigenvalue weighted by Gasteiger charge is -2.25. The number of ether oxygens (including phenoxy) is 3. The van der Waals surface area contributed by atoms with Crippen molar-refractivity contribution < 1.29 is 85.3 Å². The molecule has 2 unspecified atom stereocenters. The van der Waals surface area contributed by atoms with Gasteiger partial charge in [0.25, 0.3) is 11.1 Å². The van der Waals surface area contributed by atoms with E-state index in [9.17, 15) is 67.7 Å². The van der Waals surface area contributed by atoms with Crippen LogP contribution in [0.3, 0.4) is 0 Å². The quantitative estimate of drug-likeness (QED) is 0.0472. The Labute approximate surface area is 347 Å². The molecule has 4 aromatic rings. The number of anilines is 2. The van der Waals surface area contributed by atoms with Crippen molar-refractivity contribution in [3.8, 4) is 0 Å². The number of aliphatic hydroxyl groups excluding tert-OH is 4. The molecule has 7 rings (SSSR count). The Hall–Kier alpha value is -4.69. The number of H-pyrrole nitrogens is 2. The van der Waals surface area contributed by atoms with Gasteiger partial charge in [0, 0.05) is 18.5 Å². The minimum absolute atomic E-state index is 0.164. The van der Waals surface area contributed by atoms with Crippen molar-refractivity contribution in [2.24, 2.45) is 0 Å². The Morgan fingerprint density at radius 3 is 1.89 bits per heavy atom. The van der Waals surface area contributed by atoms with E-state index in [2.05, 4.69) is 24.5 Å². The van der Waals surface area contributed by atoms with Gasteiger partial charge in [-0.05, 0) is 6.07 Å². The molecule has 3 saturated heterocycles. The van der Waals surface area contributed by atoms with Crippen LogP contribution in [-0.4, -0.2) is 144 Å². The summed E-state index contributed by atoms with van der Waals surface area (Å²) in [5, 5.41) is 43.6. The number of nitrogens with one attached hydrogen (secondary N) is 2. The summed E-state index contributed by atoms with van der Waals surface area (Å²) in [6.07, 6.45) is -19.1. The number of hydrogen-bond acceptors (Lipinski definition) is 25. The average Bonchev–Trinajstić information content (AvgIpc) is 3.92. The second-order valence-electron chi connectivity index (χ2n) is 13.7. The first-order valence-electron chi connectivity index (χ1n) is 17.8. The van der Waals surface area contributed by atoms with Crippen molar-refractivity contribution in [2.45, 2.75) is 73.6 Å². The van der Waals surface area contributed by atoms with Crippen molar-refractivity contribution >= 4 is 46.5 Å². The largest absolute Gasteiger partial charge is 0.472 e. The molecule has 0 saturated carbocycles. The summed E-state index contributed by atoms with van der Waals surface area (Å²) in [5.74, 6) is -0.533. The molecule has 344 valence electrons. The summed E-state index contributed by atoms with van der Waals surface area (Å²) in [6, 6.07) is 2.03. The molecule has 3 aliphatic heterocycles. The lowest BCUT2D eigenvalue weighted by Crippen LogP contribution is -2.39. The second kappa shape index (κ2) is 18.1. The third-order valence-corrected chi connectivity index (χ3v) is 11.9. The van der Waals surface area contributed by atoms with Crippen LogP contribution in [0, 0.1) is 0 Å². The summed E-state index contributed by atoms with van der Waals surface area (Å²) in [7, 11) is -14.5. The number of nitrogen functional groups attached to an aromatic ring is 2. The molecule has 0 aromatic carbocycles. The van der Waals surface area contributed by atoms with Crippen LogP contribution in [0.5, 0.6) is 0 Å². The van der Waals surface area contributed by atoms with Crippen LogP contribution in [0.4, 0.5) is 11.8 Å². The van der Waals surface area contributed by atoms with Gasteiger partial charge in [-0.25, -0.2) is 32.8 Å². The fourth-order valence-corrected chi connectivity index (χ4v) is 8.94. The van der Waals surface area contributed by atoms with E-state index in [1.165, 1.54) is 6.07 Å². The van der Waals surface area contributed by atoms with Crippen molar-refractivity contribution in [1.29, 1.82) is 0 Å². The van der Waals surface area contributed by atoms with Crippen LogP contribution >= 0.6 is 23.6 Å². The highest BCUT2D eigenvalue weighted by molar-refractivity contribution is 7.47. The topological polar surface area (TPSA) is 469 Å². The maximum Gasteiger partial charge on any atom is 0.472 e. The predicted octanol–water partition coefficient (Wildman–Crippen LogP) is -4.66. The molecule has 0 aliphatic carbocycles. The lowest BCUT2D eigenvalue weighted by molar-refractivity contribution is -0.0637. The molecule has 3 aliphatic rings.